The Bertz CT molecular complexity index is 955. The molecule has 0 bridgehead atoms. The van der Waals surface area contributed by atoms with Crippen LogP contribution in [0.2, 0.25) is 5.02 Å². The van der Waals surface area contributed by atoms with E-state index in [1.807, 2.05) is 18.2 Å². The SMILES string of the molecule is NCCNCc1ccc(-c2ccc3c(c2)N(CCc2cccc(Cl)c2)CN3)cc1. The van der Waals surface area contributed by atoms with Crippen molar-refractivity contribution in [3.05, 3.63) is 82.9 Å². The summed E-state index contributed by atoms with van der Waals surface area (Å²) in [4.78, 5) is 2.39. The van der Waals surface area contributed by atoms with Crippen molar-refractivity contribution >= 4 is 23.0 Å². The quantitative estimate of drug-likeness (QED) is 0.482. The van der Waals surface area contributed by atoms with Crippen LogP contribution in [0.3, 0.4) is 0 Å². The molecule has 0 unspecified atom stereocenters. The maximum atomic E-state index is 6.12. The van der Waals surface area contributed by atoms with Crippen molar-refractivity contribution in [1.29, 1.82) is 0 Å². The Labute approximate surface area is 177 Å². The topological polar surface area (TPSA) is 53.3 Å². The molecule has 4 N–H and O–H groups in total. The molecule has 0 aromatic heterocycles. The molecule has 4 rings (SSSR count). The first-order chi connectivity index (χ1) is 14.2. The molecular weight excluding hydrogens is 380 g/mol. The van der Waals surface area contributed by atoms with E-state index in [0.717, 1.165) is 37.7 Å². The molecule has 0 spiro atoms. The van der Waals surface area contributed by atoms with Crippen LogP contribution < -0.4 is 21.3 Å². The molecule has 0 atom stereocenters. The molecule has 1 aliphatic rings. The van der Waals surface area contributed by atoms with Crippen LogP contribution >= 0.6 is 11.6 Å². The van der Waals surface area contributed by atoms with Gasteiger partial charge >= 0.3 is 0 Å². The van der Waals surface area contributed by atoms with Gasteiger partial charge in [0.25, 0.3) is 0 Å². The van der Waals surface area contributed by atoms with Gasteiger partial charge in [-0.2, -0.15) is 0 Å². The summed E-state index contributed by atoms with van der Waals surface area (Å²) >= 11 is 6.12. The van der Waals surface area contributed by atoms with Crippen molar-refractivity contribution in [1.82, 2.24) is 5.32 Å². The Kier molecular flexibility index (Phi) is 6.35. The zero-order valence-corrected chi connectivity index (χ0v) is 17.3. The normalized spacial score (nSPS) is 12.7. The zero-order valence-electron chi connectivity index (χ0n) is 16.5. The molecule has 29 heavy (non-hydrogen) atoms. The van der Waals surface area contributed by atoms with Crippen molar-refractivity contribution in [2.24, 2.45) is 5.73 Å². The molecule has 0 aliphatic carbocycles. The van der Waals surface area contributed by atoms with Crippen LogP contribution in [0, 0.1) is 0 Å². The fraction of sp³-hybridized carbons (Fsp3) is 0.250. The molecule has 0 radical (unpaired) electrons. The third-order valence-corrected chi connectivity index (χ3v) is 5.53. The number of hydrogen-bond acceptors (Lipinski definition) is 4. The van der Waals surface area contributed by atoms with Crippen LogP contribution in [0.5, 0.6) is 0 Å². The van der Waals surface area contributed by atoms with Gasteiger partial charge in [0.1, 0.15) is 0 Å². The highest BCUT2D eigenvalue weighted by Crippen LogP contribution is 2.35. The molecule has 4 nitrogen and oxygen atoms in total. The Hall–Kier alpha value is -2.53. The maximum Gasteiger partial charge on any atom is 0.0877 e. The minimum atomic E-state index is 0.662. The number of anilines is 2. The van der Waals surface area contributed by atoms with Gasteiger partial charge in [0, 0.05) is 31.2 Å². The number of halogens is 1. The minimum Gasteiger partial charge on any atom is -0.366 e. The van der Waals surface area contributed by atoms with E-state index in [2.05, 4.69) is 64.1 Å². The van der Waals surface area contributed by atoms with Gasteiger partial charge in [-0.1, -0.05) is 54.1 Å². The monoisotopic (exact) mass is 406 g/mol. The van der Waals surface area contributed by atoms with E-state index in [-0.39, 0.29) is 0 Å². The Morgan fingerprint density at radius 2 is 1.79 bits per heavy atom. The first kappa shape index (κ1) is 19.8. The highest BCUT2D eigenvalue weighted by atomic mass is 35.5. The highest BCUT2D eigenvalue weighted by Gasteiger charge is 2.19. The van der Waals surface area contributed by atoms with Gasteiger partial charge in [-0.25, -0.2) is 0 Å². The second-order valence-electron chi connectivity index (χ2n) is 7.37. The van der Waals surface area contributed by atoms with Crippen LogP contribution in [0.4, 0.5) is 11.4 Å². The van der Waals surface area contributed by atoms with Crippen molar-refractivity contribution < 1.29 is 0 Å². The van der Waals surface area contributed by atoms with E-state index in [1.165, 1.54) is 33.6 Å². The van der Waals surface area contributed by atoms with Gasteiger partial charge < -0.3 is 21.3 Å². The fourth-order valence-electron chi connectivity index (χ4n) is 3.69. The lowest BCUT2D eigenvalue weighted by atomic mass is 10.0. The molecule has 0 saturated heterocycles. The number of nitrogens with one attached hydrogen (secondary N) is 2. The Balaban J connectivity index is 1.45. The van der Waals surface area contributed by atoms with Crippen molar-refractivity contribution in [3.8, 4) is 11.1 Å². The average molecular weight is 407 g/mol. The lowest BCUT2D eigenvalue weighted by molar-refractivity contribution is 0.695. The summed E-state index contributed by atoms with van der Waals surface area (Å²) in [5, 5.41) is 7.63. The molecule has 1 aliphatic heterocycles. The van der Waals surface area contributed by atoms with E-state index in [0.29, 0.717) is 6.54 Å². The minimum absolute atomic E-state index is 0.662. The number of nitrogens with zero attached hydrogens (tertiary/aromatic N) is 1. The summed E-state index contributed by atoms with van der Waals surface area (Å²) in [5.74, 6) is 0. The van der Waals surface area contributed by atoms with E-state index >= 15 is 0 Å². The lowest BCUT2D eigenvalue weighted by Crippen LogP contribution is -2.25. The highest BCUT2D eigenvalue weighted by molar-refractivity contribution is 6.30. The number of benzene rings is 3. The van der Waals surface area contributed by atoms with E-state index < -0.39 is 0 Å². The third-order valence-electron chi connectivity index (χ3n) is 5.30. The third kappa shape index (κ3) is 4.91. The maximum absolute atomic E-state index is 6.12. The molecule has 150 valence electrons. The lowest BCUT2D eigenvalue weighted by Gasteiger charge is -2.19. The number of hydrogen-bond donors (Lipinski definition) is 3. The first-order valence-corrected chi connectivity index (χ1v) is 10.5. The standard InChI is InChI=1S/C24H27ClN4/c25-22-3-1-2-18(14-22)10-13-29-17-28-23-9-8-21(15-24(23)29)20-6-4-19(5-7-20)16-27-12-11-26/h1-9,14-15,27-28H,10-13,16-17,26H2. The van der Waals surface area contributed by atoms with Crippen LogP contribution in [0.25, 0.3) is 11.1 Å². The van der Waals surface area contributed by atoms with Crippen molar-refractivity contribution in [2.45, 2.75) is 13.0 Å². The summed E-state index contributed by atoms with van der Waals surface area (Å²) in [6, 6.07) is 23.5. The van der Waals surface area contributed by atoms with Gasteiger partial charge in [0.15, 0.2) is 0 Å². The van der Waals surface area contributed by atoms with Gasteiger partial charge in [-0.05, 0) is 52.9 Å². The number of nitrogens with two attached hydrogens (primary N) is 1. The second-order valence-corrected chi connectivity index (χ2v) is 7.81. The van der Waals surface area contributed by atoms with Crippen molar-refractivity contribution in [3.63, 3.8) is 0 Å². The predicted octanol–water partition coefficient (Wildman–Crippen LogP) is 4.49. The average Bonchev–Trinajstić information content (AvgIpc) is 3.15. The molecule has 0 fully saturated rings. The molecule has 3 aromatic rings. The van der Waals surface area contributed by atoms with Crippen LogP contribution in [0.1, 0.15) is 11.1 Å². The molecule has 5 heteroatoms. The second kappa shape index (κ2) is 9.31. The number of rotatable bonds is 8. The van der Waals surface area contributed by atoms with Gasteiger partial charge in [-0.15, -0.1) is 0 Å². The molecule has 3 aromatic carbocycles. The summed E-state index contributed by atoms with van der Waals surface area (Å²) in [7, 11) is 0. The molecule has 1 heterocycles. The number of fused-ring (bicyclic) bond motifs is 1. The van der Waals surface area contributed by atoms with Gasteiger partial charge in [0.2, 0.25) is 0 Å². The van der Waals surface area contributed by atoms with E-state index in [4.69, 9.17) is 17.3 Å². The Morgan fingerprint density at radius 1 is 0.966 bits per heavy atom. The van der Waals surface area contributed by atoms with E-state index in [1.54, 1.807) is 0 Å². The van der Waals surface area contributed by atoms with Crippen LogP contribution in [0.15, 0.2) is 66.7 Å². The summed E-state index contributed by atoms with van der Waals surface area (Å²) in [6.45, 7) is 4.14. The Morgan fingerprint density at radius 3 is 2.59 bits per heavy atom. The van der Waals surface area contributed by atoms with E-state index in [9.17, 15) is 0 Å². The fourth-order valence-corrected chi connectivity index (χ4v) is 3.91. The van der Waals surface area contributed by atoms with Crippen molar-refractivity contribution in [2.75, 3.05) is 36.5 Å². The summed E-state index contributed by atoms with van der Waals surface area (Å²) in [6.07, 6.45) is 0.969. The summed E-state index contributed by atoms with van der Waals surface area (Å²) < 4.78 is 0. The summed E-state index contributed by atoms with van der Waals surface area (Å²) in [5.41, 5.74) is 13.0. The van der Waals surface area contributed by atoms with Gasteiger partial charge in [-0.3, -0.25) is 0 Å². The molecule has 0 saturated carbocycles. The largest absolute Gasteiger partial charge is 0.366 e. The molecular formula is C24H27ClN4. The smallest absolute Gasteiger partial charge is 0.0877 e. The van der Waals surface area contributed by atoms with Gasteiger partial charge in [0.05, 0.1) is 18.0 Å². The predicted molar refractivity (Wildman–Crippen MR) is 124 cm³/mol. The molecule has 0 amide bonds. The zero-order chi connectivity index (χ0) is 20.1. The van der Waals surface area contributed by atoms with Crippen LogP contribution in [-0.2, 0) is 13.0 Å². The van der Waals surface area contributed by atoms with Crippen LogP contribution in [-0.4, -0.2) is 26.3 Å². The first-order valence-electron chi connectivity index (χ1n) is 10.1.